The summed E-state index contributed by atoms with van der Waals surface area (Å²) in [5, 5.41) is 6.85. The minimum absolute atomic E-state index is 0.0209. The highest BCUT2D eigenvalue weighted by Gasteiger charge is 2.28. The molecule has 0 bridgehead atoms. The van der Waals surface area contributed by atoms with Crippen LogP contribution in [0.3, 0.4) is 0 Å². The summed E-state index contributed by atoms with van der Waals surface area (Å²) in [5.41, 5.74) is 0.973. The van der Waals surface area contributed by atoms with E-state index in [2.05, 4.69) is 10.6 Å². The van der Waals surface area contributed by atoms with E-state index >= 15 is 0 Å². The topological polar surface area (TPSA) is 61.4 Å². The van der Waals surface area contributed by atoms with E-state index in [1.165, 1.54) is 0 Å². The van der Waals surface area contributed by atoms with Crippen molar-refractivity contribution >= 4 is 23.4 Å². The van der Waals surface area contributed by atoms with E-state index in [0.29, 0.717) is 43.9 Å². The summed E-state index contributed by atoms with van der Waals surface area (Å²) < 4.78 is 0. The van der Waals surface area contributed by atoms with Crippen LogP contribution in [-0.4, -0.2) is 42.9 Å². The molecule has 1 atom stereocenters. The number of hydrogen-bond donors (Lipinski definition) is 2. The van der Waals surface area contributed by atoms with Crippen molar-refractivity contribution < 1.29 is 9.59 Å². The number of nitrogens with one attached hydrogen (secondary N) is 2. The van der Waals surface area contributed by atoms with Gasteiger partial charge in [0.15, 0.2) is 0 Å². The summed E-state index contributed by atoms with van der Waals surface area (Å²) >= 11 is 6.30. The van der Waals surface area contributed by atoms with E-state index in [1.54, 1.807) is 0 Å². The number of benzene rings is 1. The van der Waals surface area contributed by atoms with Gasteiger partial charge in [-0.25, -0.2) is 0 Å². The lowest BCUT2D eigenvalue weighted by Crippen LogP contribution is -2.48. The average Bonchev–Trinajstić information content (AvgIpc) is 2.60. The van der Waals surface area contributed by atoms with Gasteiger partial charge in [0.1, 0.15) is 0 Å². The number of piperazine rings is 1. The third-order valence-corrected chi connectivity index (χ3v) is 4.54. The first-order chi connectivity index (χ1) is 11.6. The van der Waals surface area contributed by atoms with Crippen molar-refractivity contribution in [2.24, 2.45) is 0 Å². The van der Waals surface area contributed by atoms with Gasteiger partial charge in [-0.15, -0.1) is 0 Å². The number of halogens is 1. The minimum atomic E-state index is -0.0473. The number of nitrogens with zero attached hydrogens (tertiary/aromatic N) is 1. The number of carbonyl (C=O) groups is 2. The molecule has 1 aromatic carbocycles. The fourth-order valence-electron chi connectivity index (χ4n) is 2.92. The molecule has 1 fully saturated rings. The van der Waals surface area contributed by atoms with Gasteiger partial charge in [-0.2, -0.15) is 0 Å². The molecule has 1 unspecified atom stereocenters. The van der Waals surface area contributed by atoms with E-state index in [9.17, 15) is 9.59 Å². The second-order valence-corrected chi connectivity index (χ2v) is 6.44. The standard InChI is InChI=1S/C18H26ClN3O2/c1-2-10-21-17(23)8-5-9-18(24)22-12-11-20-13-16(22)14-6-3-4-7-15(14)19/h3-4,6-7,16,20H,2,5,8-13H2,1H3,(H,21,23). The predicted octanol–water partition coefficient (Wildman–Crippen LogP) is 2.51. The largest absolute Gasteiger partial charge is 0.356 e. The maximum absolute atomic E-state index is 12.6. The fraction of sp³-hybridized carbons (Fsp3) is 0.556. The first-order valence-corrected chi connectivity index (χ1v) is 9.02. The minimum Gasteiger partial charge on any atom is -0.356 e. The van der Waals surface area contributed by atoms with Crippen molar-refractivity contribution in [1.82, 2.24) is 15.5 Å². The van der Waals surface area contributed by atoms with Crippen molar-refractivity contribution in [3.05, 3.63) is 34.9 Å². The Morgan fingerprint density at radius 1 is 1.33 bits per heavy atom. The Morgan fingerprint density at radius 3 is 2.88 bits per heavy atom. The second kappa shape index (κ2) is 9.64. The summed E-state index contributed by atoms with van der Waals surface area (Å²) in [6, 6.07) is 7.61. The molecule has 2 N–H and O–H groups in total. The Kier molecular flexibility index (Phi) is 7.53. The van der Waals surface area contributed by atoms with Gasteiger partial charge in [-0.3, -0.25) is 9.59 Å². The highest BCUT2D eigenvalue weighted by Crippen LogP contribution is 2.29. The van der Waals surface area contributed by atoms with Gasteiger partial charge in [0.2, 0.25) is 11.8 Å². The lowest BCUT2D eigenvalue weighted by atomic mass is 10.0. The van der Waals surface area contributed by atoms with E-state index < -0.39 is 0 Å². The number of amides is 2. The zero-order valence-corrected chi connectivity index (χ0v) is 14.9. The number of rotatable bonds is 7. The van der Waals surface area contributed by atoms with E-state index in [1.807, 2.05) is 36.1 Å². The van der Waals surface area contributed by atoms with Crippen molar-refractivity contribution in [3.8, 4) is 0 Å². The van der Waals surface area contributed by atoms with Crippen LogP contribution >= 0.6 is 11.6 Å². The zero-order chi connectivity index (χ0) is 17.4. The van der Waals surface area contributed by atoms with E-state index in [4.69, 9.17) is 11.6 Å². The van der Waals surface area contributed by atoms with Crippen LogP contribution in [0, 0.1) is 0 Å². The molecule has 1 aliphatic rings. The Hall–Kier alpha value is -1.59. The van der Waals surface area contributed by atoms with Crippen molar-refractivity contribution in [1.29, 1.82) is 0 Å². The number of carbonyl (C=O) groups excluding carboxylic acids is 2. The third-order valence-electron chi connectivity index (χ3n) is 4.19. The first-order valence-electron chi connectivity index (χ1n) is 8.64. The van der Waals surface area contributed by atoms with E-state index in [-0.39, 0.29) is 17.9 Å². The Labute approximate surface area is 148 Å². The van der Waals surface area contributed by atoms with Gasteiger partial charge in [-0.1, -0.05) is 36.7 Å². The maximum Gasteiger partial charge on any atom is 0.223 e. The molecule has 0 radical (unpaired) electrons. The molecule has 24 heavy (non-hydrogen) atoms. The molecule has 5 nitrogen and oxygen atoms in total. The molecule has 2 rings (SSSR count). The summed E-state index contributed by atoms with van der Waals surface area (Å²) in [7, 11) is 0. The molecule has 1 aliphatic heterocycles. The van der Waals surface area contributed by atoms with Crippen molar-refractivity contribution in [2.75, 3.05) is 26.2 Å². The molecule has 1 saturated heterocycles. The molecular weight excluding hydrogens is 326 g/mol. The van der Waals surface area contributed by atoms with Gasteiger partial charge in [0.25, 0.3) is 0 Å². The third kappa shape index (κ3) is 5.21. The summed E-state index contributed by atoms with van der Waals surface area (Å²) in [6.45, 7) is 4.86. The van der Waals surface area contributed by atoms with Gasteiger partial charge < -0.3 is 15.5 Å². The zero-order valence-electron chi connectivity index (χ0n) is 14.2. The van der Waals surface area contributed by atoms with Crippen LogP contribution in [0.2, 0.25) is 5.02 Å². The van der Waals surface area contributed by atoms with Crippen LogP contribution in [0.25, 0.3) is 0 Å². The normalized spacial score (nSPS) is 17.6. The second-order valence-electron chi connectivity index (χ2n) is 6.03. The van der Waals surface area contributed by atoms with Crippen molar-refractivity contribution in [3.63, 3.8) is 0 Å². The van der Waals surface area contributed by atoms with E-state index in [0.717, 1.165) is 18.5 Å². The van der Waals surface area contributed by atoms with Gasteiger partial charge in [-0.05, 0) is 24.5 Å². The van der Waals surface area contributed by atoms with Gasteiger partial charge in [0, 0.05) is 44.0 Å². The van der Waals surface area contributed by atoms with Crippen LogP contribution < -0.4 is 10.6 Å². The monoisotopic (exact) mass is 351 g/mol. The van der Waals surface area contributed by atoms with Crippen LogP contribution in [0.4, 0.5) is 0 Å². The Balaban J connectivity index is 1.91. The highest BCUT2D eigenvalue weighted by molar-refractivity contribution is 6.31. The molecule has 132 valence electrons. The van der Waals surface area contributed by atoms with Crippen molar-refractivity contribution in [2.45, 2.75) is 38.6 Å². The Bertz CT molecular complexity index is 565. The van der Waals surface area contributed by atoms with Crippen LogP contribution in [0.5, 0.6) is 0 Å². The molecular formula is C18H26ClN3O2. The van der Waals surface area contributed by atoms with Gasteiger partial charge >= 0.3 is 0 Å². The predicted molar refractivity (Wildman–Crippen MR) is 95.9 cm³/mol. The average molecular weight is 352 g/mol. The lowest BCUT2D eigenvalue weighted by molar-refractivity contribution is -0.134. The Morgan fingerprint density at radius 2 is 2.12 bits per heavy atom. The molecule has 0 spiro atoms. The first kappa shape index (κ1) is 18.7. The molecule has 1 heterocycles. The summed E-state index contributed by atoms with van der Waals surface area (Å²) in [6.07, 6.45) is 2.29. The molecule has 1 aromatic rings. The number of hydrogen-bond acceptors (Lipinski definition) is 3. The molecule has 6 heteroatoms. The molecule has 0 aliphatic carbocycles. The van der Waals surface area contributed by atoms with Crippen LogP contribution in [0.1, 0.15) is 44.2 Å². The quantitative estimate of drug-likeness (QED) is 0.793. The van der Waals surface area contributed by atoms with Gasteiger partial charge in [0.05, 0.1) is 6.04 Å². The maximum atomic E-state index is 12.6. The molecule has 0 aromatic heterocycles. The SMILES string of the molecule is CCCNC(=O)CCCC(=O)N1CCNCC1c1ccccc1Cl. The van der Waals surface area contributed by atoms with Crippen LogP contribution in [-0.2, 0) is 9.59 Å². The fourth-order valence-corrected chi connectivity index (χ4v) is 3.18. The summed E-state index contributed by atoms with van der Waals surface area (Å²) in [5.74, 6) is 0.109. The lowest BCUT2D eigenvalue weighted by Gasteiger charge is -2.37. The molecule has 0 saturated carbocycles. The smallest absolute Gasteiger partial charge is 0.223 e. The van der Waals surface area contributed by atoms with Crippen LogP contribution in [0.15, 0.2) is 24.3 Å². The summed E-state index contributed by atoms with van der Waals surface area (Å²) in [4.78, 5) is 26.1. The highest BCUT2D eigenvalue weighted by atomic mass is 35.5. The molecule has 2 amide bonds.